The molecule has 0 radical (unpaired) electrons. The molecule has 3 aromatic rings. The molecule has 152 valence electrons. The van der Waals surface area contributed by atoms with Crippen molar-refractivity contribution < 1.29 is 46.5 Å². The smallest absolute Gasteiger partial charge is 1.00 e. The summed E-state index contributed by atoms with van der Waals surface area (Å²) in [6, 6.07) is 25.3. The number of hydrogen-bond donors (Lipinski definition) is 0. The maximum absolute atomic E-state index is 3.30. The molecule has 1 aliphatic carbocycles. The third-order valence-electron chi connectivity index (χ3n) is 5.10. The van der Waals surface area contributed by atoms with Crippen LogP contribution >= 0.6 is 0 Å². The number of hydrogen-bond acceptors (Lipinski definition) is 0. The van der Waals surface area contributed by atoms with Crippen molar-refractivity contribution in [2.75, 3.05) is 0 Å². The van der Waals surface area contributed by atoms with Gasteiger partial charge in [-0.2, -0.15) is 47.1 Å². The van der Waals surface area contributed by atoms with E-state index in [4.69, 9.17) is 0 Å². The molecule has 0 bridgehead atoms. The van der Waals surface area contributed by atoms with Gasteiger partial charge in [0.1, 0.15) is 0 Å². The van der Waals surface area contributed by atoms with Crippen LogP contribution in [0.3, 0.4) is 0 Å². The summed E-state index contributed by atoms with van der Waals surface area (Å²) in [5.41, 5.74) is 5.51. The van der Waals surface area contributed by atoms with Crippen LogP contribution in [0.2, 0.25) is 39.3 Å². The van der Waals surface area contributed by atoms with Crippen LogP contribution in [-0.2, 0) is 28.1 Å². The van der Waals surface area contributed by atoms with Gasteiger partial charge in [0.15, 0.2) is 0 Å². The Kier molecular flexibility index (Phi) is 11.0. The van der Waals surface area contributed by atoms with E-state index in [1.165, 1.54) is 22.3 Å². The molecule has 0 saturated carbocycles. The van der Waals surface area contributed by atoms with Crippen LogP contribution in [0, 0.1) is 6.07 Å². The third kappa shape index (κ3) is 7.02. The Morgan fingerprint density at radius 1 is 0.828 bits per heavy atom. The van der Waals surface area contributed by atoms with E-state index in [1.807, 2.05) is 6.07 Å². The van der Waals surface area contributed by atoms with Crippen LogP contribution < -0.4 is 35.2 Å². The Labute approximate surface area is 206 Å². The van der Waals surface area contributed by atoms with Crippen LogP contribution in [0.1, 0.15) is 11.1 Å². The summed E-state index contributed by atoms with van der Waals surface area (Å²) in [4.78, 5) is 0. The second-order valence-electron chi connectivity index (χ2n) is 9.28. The summed E-state index contributed by atoms with van der Waals surface area (Å²) in [6.07, 6.45) is 1.05. The molecule has 5 heteroatoms. The Morgan fingerprint density at radius 2 is 1.45 bits per heavy atom. The second-order valence-corrected chi connectivity index (χ2v) is 19.4. The van der Waals surface area contributed by atoms with Crippen molar-refractivity contribution in [3.8, 4) is 11.1 Å². The number of fused-ring (bicyclic) bond motifs is 3. The second kappa shape index (κ2) is 11.2. The predicted octanol–water partition coefficient (Wildman–Crippen LogP) is -0.441. The van der Waals surface area contributed by atoms with Crippen LogP contribution in [0.25, 0.3) is 11.1 Å². The Bertz CT molecular complexity index is 833. The molecular weight excluding hydrogens is 463 g/mol. The summed E-state index contributed by atoms with van der Waals surface area (Å²) in [5.74, 6) is 0. The first-order valence-electron chi connectivity index (χ1n) is 9.52. The molecule has 3 aromatic carbocycles. The van der Waals surface area contributed by atoms with Gasteiger partial charge in [-0.15, -0.1) is 5.56 Å². The van der Waals surface area contributed by atoms with Gasteiger partial charge in [0, 0.05) is 16.1 Å². The van der Waals surface area contributed by atoms with Gasteiger partial charge in [0.25, 0.3) is 0 Å². The maximum atomic E-state index is 3.30. The van der Waals surface area contributed by atoms with Crippen LogP contribution in [-0.4, -0.2) is 16.1 Å². The molecule has 4 rings (SSSR count). The minimum absolute atomic E-state index is 0. The van der Waals surface area contributed by atoms with Gasteiger partial charge in [0.05, 0.1) is 0 Å². The van der Waals surface area contributed by atoms with E-state index < -0.39 is 16.1 Å². The van der Waals surface area contributed by atoms with Crippen LogP contribution in [0.5, 0.6) is 0 Å². The topological polar surface area (TPSA) is 0 Å². The Hall–Kier alpha value is -0.482. The van der Waals surface area contributed by atoms with Gasteiger partial charge < -0.3 is 24.8 Å². The van der Waals surface area contributed by atoms with E-state index in [0.29, 0.717) is 0 Å². The standard InChI is InChI=1S/C13H9.C11H21Si2.2ClH.Ti/c1-3-7-12-10(5-1)9-11-6-2-4-8-13(11)12;1-12(2,3)10-7-8-11(9-10)13(4,5)6;;;/h1-5,7-8H,9H2;7-9H,1-6H3;2*1H;/q2*-1;;;+4/p-2. The quantitative estimate of drug-likeness (QED) is 0.263. The van der Waals surface area contributed by atoms with Crippen molar-refractivity contribution in [3.63, 3.8) is 0 Å². The van der Waals surface area contributed by atoms with Gasteiger partial charge in [-0.3, -0.25) is 0 Å². The van der Waals surface area contributed by atoms with E-state index in [-0.39, 0.29) is 46.5 Å². The Balaban J connectivity index is 0.000000490. The zero-order valence-electron chi connectivity index (χ0n) is 18.2. The normalized spacial score (nSPS) is 11.5. The molecule has 0 aromatic heterocycles. The largest absolute Gasteiger partial charge is 4.00 e. The molecule has 0 saturated heterocycles. The summed E-state index contributed by atoms with van der Waals surface area (Å²) in [7, 11) is -2.14. The monoisotopic (exact) mass is 492 g/mol. The van der Waals surface area contributed by atoms with E-state index in [9.17, 15) is 0 Å². The van der Waals surface area contributed by atoms with E-state index in [0.717, 1.165) is 6.42 Å². The fraction of sp³-hybridized carbons (Fsp3) is 0.292. The third-order valence-corrected chi connectivity index (χ3v) is 9.19. The fourth-order valence-electron chi connectivity index (χ4n) is 3.37. The fourth-order valence-corrected chi connectivity index (χ4v) is 5.86. The van der Waals surface area contributed by atoms with Gasteiger partial charge >= 0.3 is 21.7 Å². The first-order chi connectivity index (χ1) is 12.2. The molecule has 0 fully saturated rings. The molecule has 0 N–H and O–H groups in total. The predicted molar refractivity (Wildman–Crippen MR) is 122 cm³/mol. The molecule has 0 unspecified atom stereocenters. The first-order valence-corrected chi connectivity index (χ1v) is 16.5. The van der Waals surface area contributed by atoms with Crippen molar-refractivity contribution >= 4 is 26.5 Å². The average molecular weight is 493 g/mol. The van der Waals surface area contributed by atoms with Crippen LogP contribution in [0.15, 0.2) is 60.7 Å². The van der Waals surface area contributed by atoms with Gasteiger partial charge in [-0.05, 0) is 6.42 Å². The van der Waals surface area contributed by atoms with Gasteiger partial charge in [0.2, 0.25) is 0 Å². The number of rotatable bonds is 2. The molecule has 0 heterocycles. The van der Waals surface area contributed by atoms with Crippen molar-refractivity contribution in [2.45, 2.75) is 45.7 Å². The van der Waals surface area contributed by atoms with E-state index in [1.54, 1.807) is 10.4 Å². The molecule has 29 heavy (non-hydrogen) atoms. The first kappa shape index (κ1) is 28.5. The van der Waals surface area contributed by atoms with Crippen molar-refractivity contribution in [1.82, 2.24) is 0 Å². The van der Waals surface area contributed by atoms with Crippen molar-refractivity contribution in [2.24, 2.45) is 0 Å². The summed E-state index contributed by atoms with van der Waals surface area (Å²) in [5, 5.41) is 3.23. The molecule has 0 spiro atoms. The molecule has 0 amide bonds. The molecular formula is C24H30Cl2Si2Ti. The number of benzene rings is 2. The maximum Gasteiger partial charge on any atom is 4.00 e. The van der Waals surface area contributed by atoms with E-state index in [2.05, 4.69) is 99.9 Å². The number of halogens is 2. The summed E-state index contributed by atoms with van der Waals surface area (Å²) >= 11 is 0. The van der Waals surface area contributed by atoms with Crippen molar-refractivity contribution in [3.05, 3.63) is 77.9 Å². The van der Waals surface area contributed by atoms with Gasteiger partial charge in [-0.25, -0.2) is 11.3 Å². The minimum Gasteiger partial charge on any atom is -1.00 e. The zero-order chi connectivity index (χ0) is 18.9. The Morgan fingerprint density at radius 3 is 2.00 bits per heavy atom. The summed E-state index contributed by atoms with van der Waals surface area (Å²) < 4.78 is 0. The molecule has 1 aliphatic rings. The molecule has 0 nitrogen and oxygen atoms in total. The summed E-state index contributed by atoms with van der Waals surface area (Å²) in [6.45, 7) is 14.5. The van der Waals surface area contributed by atoms with Gasteiger partial charge in [-0.1, -0.05) is 74.7 Å². The minimum atomic E-state index is -1.07. The molecule has 0 aliphatic heterocycles. The van der Waals surface area contributed by atoms with Crippen molar-refractivity contribution in [1.29, 1.82) is 0 Å². The van der Waals surface area contributed by atoms with E-state index >= 15 is 0 Å². The zero-order valence-corrected chi connectivity index (χ0v) is 23.3. The van der Waals surface area contributed by atoms with Crippen LogP contribution in [0.4, 0.5) is 0 Å². The SMILES string of the molecule is C[Si](C)(C)c1cc[c-]([Si](C)(C)C)c1.[Cl-].[Cl-].[Ti+4].[c-]1cccc2c1Cc1ccccc1-2. The molecule has 0 atom stereocenters. The average Bonchev–Trinajstić information content (AvgIpc) is 3.20.